The number of hydrogen-bond donors (Lipinski definition) is 2. The van der Waals surface area contributed by atoms with Gasteiger partial charge in [0.15, 0.2) is 0 Å². The first-order chi connectivity index (χ1) is 9.72. The molecule has 6 nitrogen and oxygen atoms in total. The van der Waals surface area contributed by atoms with Gasteiger partial charge in [0.2, 0.25) is 0 Å². The van der Waals surface area contributed by atoms with Crippen LogP contribution in [0, 0.1) is 11.3 Å². The van der Waals surface area contributed by atoms with E-state index in [1.807, 2.05) is 12.1 Å². The predicted molar refractivity (Wildman–Crippen MR) is 75.5 cm³/mol. The highest BCUT2D eigenvalue weighted by Crippen LogP contribution is 2.12. The Bertz CT molecular complexity index is 470. The lowest BCUT2D eigenvalue weighted by atomic mass is 10.1. The minimum Gasteiger partial charge on any atom is -0.383 e. The van der Waals surface area contributed by atoms with Crippen molar-refractivity contribution in [2.45, 2.75) is 13.0 Å². The number of amides is 1. The number of ether oxygens (including phenoxy) is 1. The summed E-state index contributed by atoms with van der Waals surface area (Å²) in [6.45, 7) is 2.50. The highest BCUT2D eigenvalue weighted by molar-refractivity contribution is 5.95. The molecule has 0 bridgehead atoms. The molecule has 0 fully saturated rings. The summed E-state index contributed by atoms with van der Waals surface area (Å²) in [6, 6.07) is 9.42. The molecule has 20 heavy (non-hydrogen) atoms. The van der Waals surface area contributed by atoms with Crippen molar-refractivity contribution in [3.63, 3.8) is 0 Å². The fourth-order valence-corrected chi connectivity index (χ4v) is 1.90. The number of hydrazine groups is 1. The average Bonchev–Trinajstić information content (AvgIpc) is 2.49. The summed E-state index contributed by atoms with van der Waals surface area (Å²) in [5.41, 5.74) is 3.58. The number of nitrogens with two attached hydrogens (primary N) is 1. The van der Waals surface area contributed by atoms with Gasteiger partial charge >= 0.3 is 0 Å². The number of rotatable bonds is 8. The van der Waals surface area contributed by atoms with E-state index in [-0.39, 0.29) is 5.91 Å². The van der Waals surface area contributed by atoms with Crippen molar-refractivity contribution in [3.8, 4) is 6.07 Å². The van der Waals surface area contributed by atoms with Crippen LogP contribution < -0.4 is 11.3 Å². The molecule has 0 saturated heterocycles. The van der Waals surface area contributed by atoms with Crippen molar-refractivity contribution < 1.29 is 9.53 Å². The number of benzene rings is 1. The number of nitrogen functional groups attached to an aromatic ring is 1. The van der Waals surface area contributed by atoms with Crippen molar-refractivity contribution in [1.82, 2.24) is 10.3 Å². The Morgan fingerprint density at radius 1 is 1.45 bits per heavy atom. The molecule has 1 aromatic rings. The van der Waals surface area contributed by atoms with E-state index in [1.54, 1.807) is 19.2 Å². The fraction of sp³-hybridized carbons (Fsp3) is 0.429. The van der Waals surface area contributed by atoms with E-state index in [0.717, 1.165) is 5.56 Å². The van der Waals surface area contributed by atoms with Crippen LogP contribution in [0.15, 0.2) is 24.3 Å². The van der Waals surface area contributed by atoms with Gasteiger partial charge in [0.05, 0.1) is 12.7 Å². The Labute approximate surface area is 119 Å². The van der Waals surface area contributed by atoms with Crippen LogP contribution in [-0.2, 0) is 11.3 Å². The number of methoxy groups -OCH3 is 1. The minimum absolute atomic E-state index is 0.312. The van der Waals surface area contributed by atoms with Crippen LogP contribution in [0.2, 0.25) is 0 Å². The second-order valence-corrected chi connectivity index (χ2v) is 4.31. The van der Waals surface area contributed by atoms with Gasteiger partial charge in [0.1, 0.15) is 0 Å². The third-order valence-electron chi connectivity index (χ3n) is 2.94. The van der Waals surface area contributed by atoms with Crippen LogP contribution in [0.5, 0.6) is 0 Å². The van der Waals surface area contributed by atoms with Crippen LogP contribution in [-0.4, -0.2) is 37.6 Å². The summed E-state index contributed by atoms with van der Waals surface area (Å²) < 4.78 is 5.07. The maximum Gasteiger partial charge on any atom is 0.265 e. The fourth-order valence-electron chi connectivity index (χ4n) is 1.90. The number of nitrogens with zero attached hydrogens (tertiary/aromatic N) is 2. The Hall–Kier alpha value is -1.94. The molecule has 0 aliphatic rings. The highest BCUT2D eigenvalue weighted by Gasteiger charge is 2.13. The SMILES string of the molecule is COCCN(CCC#N)Cc1ccccc1C(=O)NN. The van der Waals surface area contributed by atoms with Gasteiger partial charge in [-0.2, -0.15) is 5.26 Å². The van der Waals surface area contributed by atoms with Crippen molar-refractivity contribution in [2.75, 3.05) is 26.8 Å². The van der Waals surface area contributed by atoms with Crippen molar-refractivity contribution in [2.24, 2.45) is 5.84 Å². The van der Waals surface area contributed by atoms with E-state index in [1.165, 1.54) is 0 Å². The molecule has 1 amide bonds. The van der Waals surface area contributed by atoms with Gasteiger partial charge in [-0.3, -0.25) is 15.1 Å². The first-order valence-electron chi connectivity index (χ1n) is 6.40. The second-order valence-electron chi connectivity index (χ2n) is 4.31. The van der Waals surface area contributed by atoms with Crippen molar-refractivity contribution in [1.29, 1.82) is 5.26 Å². The molecular weight excluding hydrogens is 256 g/mol. The first-order valence-corrected chi connectivity index (χ1v) is 6.40. The Morgan fingerprint density at radius 2 is 2.20 bits per heavy atom. The van der Waals surface area contributed by atoms with Crippen molar-refractivity contribution >= 4 is 5.91 Å². The van der Waals surface area contributed by atoms with Gasteiger partial charge in [-0.1, -0.05) is 18.2 Å². The number of nitriles is 1. The summed E-state index contributed by atoms with van der Waals surface area (Å²) in [5.74, 6) is 4.88. The molecule has 6 heteroatoms. The number of hydrogen-bond acceptors (Lipinski definition) is 5. The molecule has 0 spiro atoms. The lowest BCUT2D eigenvalue weighted by molar-refractivity contribution is 0.0950. The van der Waals surface area contributed by atoms with Gasteiger partial charge in [-0.05, 0) is 11.6 Å². The summed E-state index contributed by atoms with van der Waals surface area (Å²) in [4.78, 5) is 13.8. The molecule has 0 aromatic heterocycles. The van der Waals surface area contributed by atoms with Crippen LogP contribution >= 0.6 is 0 Å². The Morgan fingerprint density at radius 3 is 2.85 bits per heavy atom. The van der Waals surface area contributed by atoms with E-state index in [4.69, 9.17) is 15.8 Å². The maximum atomic E-state index is 11.7. The molecule has 108 valence electrons. The number of carbonyl (C=O) groups excluding carboxylic acids is 1. The van der Waals surface area contributed by atoms with Crippen LogP contribution in [0.25, 0.3) is 0 Å². The largest absolute Gasteiger partial charge is 0.383 e. The van der Waals surface area contributed by atoms with E-state index >= 15 is 0 Å². The number of carbonyl (C=O) groups is 1. The normalized spacial score (nSPS) is 10.3. The summed E-state index contributed by atoms with van der Waals surface area (Å²) in [7, 11) is 1.64. The molecule has 0 aliphatic carbocycles. The van der Waals surface area contributed by atoms with E-state index in [2.05, 4.69) is 16.4 Å². The lowest BCUT2D eigenvalue weighted by Crippen LogP contribution is -2.33. The third-order valence-corrected chi connectivity index (χ3v) is 2.94. The van der Waals surface area contributed by atoms with Gasteiger partial charge < -0.3 is 4.74 Å². The molecule has 0 saturated carbocycles. The van der Waals surface area contributed by atoms with Gasteiger partial charge in [-0.25, -0.2) is 5.84 Å². The summed E-state index contributed by atoms with van der Waals surface area (Å²) in [6.07, 6.45) is 0.439. The van der Waals surface area contributed by atoms with Gasteiger partial charge in [0.25, 0.3) is 5.91 Å². The zero-order chi connectivity index (χ0) is 14.8. The Balaban J connectivity index is 2.81. The van der Waals surface area contributed by atoms with Crippen LogP contribution in [0.4, 0.5) is 0 Å². The zero-order valence-corrected chi connectivity index (χ0v) is 11.6. The monoisotopic (exact) mass is 276 g/mol. The maximum absolute atomic E-state index is 11.7. The van der Waals surface area contributed by atoms with E-state index < -0.39 is 0 Å². The lowest BCUT2D eigenvalue weighted by Gasteiger charge is -2.22. The standard InChI is InChI=1S/C14H20N4O2/c1-20-10-9-18(8-4-7-15)11-12-5-2-3-6-13(12)14(19)17-16/h2-3,5-6H,4,8-11,16H2,1H3,(H,17,19). The average molecular weight is 276 g/mol. The smallest absolute Gasteiger partial charge is 0.265 e. The highest BCUT2D eigenvalue weighted by atomic mass is 16.5. The molecule has 0 heterocycles. The molecule has 1 rings (SSSR count). The summed E-state index contributed by atoms with van der Waals surface area (Å²) in [5, 5.41) is 8.70. The molecule has 0 atom stereocenters. The van der Waals surface area contributed by atoms with Gasteiger partial charge in [-0.15, -0.1) is 0 Å². The topological polar surface area (TPSA) is 91.4 Å². The van der Waals surface area contributed by atoms with Crippen LogP contribution in [0.1, 0.15) is 22.3 Å². The van der Waals surface area contributed by atoms with E-state index in [0.29, 0.717) is 38.2 Å². The minimum atomic E-state index is -0.312. The Kier molecular flexibility index (Phi) is 7.29. The molecule has 1 aromatic carbocycles. The first kappa shape index (κ1) is 16.1. The predicted octanol–water partition coefficient (Wildman–Crippen LogP) is 0.652. The number of nitrogens with one attached hydrogen (secondary N) is 1. The second kappa shape index (κ2) is 9.04. The molecule has 0 aliphatic heterocycles. The van der Waals surface area contributed by atoms with Crippen LogP contribution in [0.3, 0.4) is 0 Å². The van der Waals surface area contributed by atoms with Gasteiger partial charge in [0, 0.05) is 38.7 Å². The molecular formula is C14H20N4O2. The summed E-state index contributed by atoms with van der Waals surface area (Å²) >= 11 is 0. The molecule has 0 radical (unpaired) electrons. The third kappa shape index (κ3) is 4.97. The molecule has 3 N–H and O–H groups in total. The zero-order valence-electron chi connectivity index (χ0n) is 11.6. The van der Waals surface area contributed by atoms with Crippen molar-refractivity contribution in [3.05, 3.63) is 35.4 Å². The molecule has 0 unspecified atom stereocenters. The quantitative estimate of drug-likeness (QED) is 0.413. The van der Waals surface area contributed by atoms with E-state index in [9.17, 15) is 4.79 Å².